The van der Waals surface area contributed by atoms with Crippen LogP contribution in [0.5, 0.6) is 0 Å². The van der Waals surface area contributed by atoms with Gasteiger partial charge in [0.25, 0.3) is 0 Å². The zero-order valence-corrected chi connectivity index (χ0v) is 5.00. The standard InChI is InChI=1S/C6H7F3/c1-2-4-3-5(4)6(7,8)9/h3,5H,2H2,1H3. The van der Waals surface area contributed by atoms with Crippen molar-refractivity contribution in [1.29, 1.82) is 0 Å². The largest absolute Gasteiger partial charge is 0.398 e. The molecule has 0 radical (unpaired) electrons. The van der Waals surface area contributed by atoms with E-state index in [1.54, 1.807) is 6.92 Å². The lowest BCUT2D eigenvalue weighted by Gasteiger charge is -2.03. The fraction of sp³-hybridized carbons (Fsp3) is 0.667. The molecule has 3 heteroatoms. The summed E-state index contributed by atoms with van der Waals surface area (Å²) in [7, 11) is 0. The van der Waals surface area contributed by atoms with E-state index in [2.05, 4.69) is 0 Å². The van der Waals surface area contributed by atoms with E-state index in [0.29, 0.717) is 12.0 Å². The molecule has 0 amide bonds. The minimum atomic E-state index is -4.01. The summed E-state index contributed by atoms with van der Waals surface area (Å²) < 4.78 is 34.9. The van der Waals surface area contributed by atoms with Crippen molar-refractivity contribution in [2.24, 2.45) is 5.92 Å². The van der Waals surface area contributed by atoms with Gasteiger partial charge in [-0.2, -0.15) is 13.2 Å². The highest BCUT2D eigenvalue weighted by Crippen LogP contribution is 2.44. The molecule has 0 saturated carbocycles. The van der Waals surface area contributed by atoms with E-state index in [-0.39, 0.29) is 0 Å². The van der Waals surface area contributed by atoms with Gasteiger partial charge in [0.05, 0.1) is 5.92 Å². The third kappa shape index (κ3) is 1.26. The quantitative estimate of drug-likeness (QED) is 0.486. The first-order chi connectivity index (χ1) is 4.05. The normalized spacial score (nSPS) is 25.8. The van der Waals surface area contributed by atoms with E-state index in [1.165, 1.54) is 6.08 Å². The fourth-order valence-electron chi connectivity index (χ4n) is 0.808. The van der Waals surface area contributed by atoms with Crippen molar-refractivity contribution >= 4 is 0 Å². The molecule has 9 heavy (non-hydrogen) atoms. The van der Waals surface area contributed by atoms with Crippen LogP contribution in [0.3, 0.4) is 0 Å². The van der Waals surface area contributed by atoms with Gasteiger partial charge in [0, 0.05) is 0 Å². The maximum atomic E-state index is 11.6. The van der Waals surface area contributed by atoms with Gasteiger partial charge in [-0.25, -0.2) is 0 Å². The summed E-state index contributed by atoms with van der Waals surface area (Å²) in [5, 5.41) is 0. The number of allylic oxidation sites excluding steroid dienone is 2. The highest BCUT2D eigenvalue weighted by atomic mass is 19.4. The van der Waals surface area contributed by atoms with E-state index in [0.717, 1.165) is 0 Å². The molecular weight excluding hydrogens is 129 g/mol. The second kappa shape index (κ2) is 1.75. The summed E-state index contributed by atoms with van der Waals surface area (Å²) in [5.41, 5.74) is 0.530. The Balaban J connectivity index is 2.38. The second-order valence-corrected chi connectivity index (χ2v) is 2.11. The molecule has 0 aromatic rings. The van der Waals surface area contributed by atoms with Crippen molar-refractivity contribution < 1.29 is 13.2 Å². The van der Waals surface area contributed by atoms with E-state index in [9.17, 15) is 13.2 Å². The molecule has 0 saturated heterocycles. The summed E-state index contributed by atoms with van der Waals surface area (Å²) in [6.45, 7) is 1.73. The van der Waals surface area contributed by atoms with Crippen molar-refractivity contribution in [3.63, 3.8) is 0 Å². The Morgan fingerprint density at radius 3 is 2.22 bits per heavy atom. The summed E-state index contributed by atoms with van der Waals surface area (Å²) in [5.74, 6) is -1.18. The first kappa shape index (κ1) is 6.65. The van der Waals surface area contributed by atoms with Gasteiger partial charge in [0.15, 0.2) is 0 Å². The van der Waals surface area contributed by atoms with Gasteiger partial charge in [-0.1, -0.05) is 18.6 Å². The minimum Gasteiger partial charge on any atom is -0.170 e. The molecule has 1 aliphatic rings. The Hall–Kier alpha value is -0.470. The molecule has 0 bridgehead atoms. The molecule has 0 aromatic heterocycles. The van der Waals surface area contributed by atoms with Crippen LogP contribution in [-0.2, 0) is 0 Å². The molecule has 0 fully saturated rings. The third-order valence-electron chi connectivity index (χ3n) is 1.43. The lowest BCUT2D eigenvalue weighted by Crippen LogP contribution is -2.12. The van der Waals surface area contributed by atoms with Crippen LogP contribution >= 0.6 is 0 Å². The molecule has 0 N–H and O–H groups in total. The first-order valence-corrected chi connectivity index (χ1v) is 2.83. The lowest BCUT2D eigenvalue weighted by atomic mass is 10.2. The lowest BCUT2D eigenvalue weighted by molar-refractivity contribution is -0.142. The topological polar surface area (TPSA) is 0 Å². The molecule has 1 atom stereocenters. The molecular formula is C6H7F3. The fourth-order valence-corrected chi connectivity index (χ4v) is 0.808. The summed E-state index contributed by atoms with van der Waals surface area (Å²) in [4.78, 5) is 0. The number of rotatable bonds is 1. The number of halogens is 3. The zero-order chi connectivity index (χ0) is 7.07. The maximum Gasteiger partial charge on any atom is 0.398 e. The van der Waals surface area contributed by atoms with Crippen LogP contribution in [0.15, 0.2) is 11.6 Å². The van der Waals surface area contributed by atoms with E-state index < -0.39 is 12.1 Å². The first-order valence-electron chi connectivity index (χ1n) is 2.83. The Labute approximate surface area is 51.4 Å². The van der Waals surface area contributed by atoms with Gasteiger partial charge in [-0.15, -0.1) is 0 Å². The van der Waals surface area contributed by atoms with E-state index in [4.69, 9.17) is 0 Å². The highest BCUT2D eigenvalue weighted by molar-refractivity contribution is 5.30. The molecule has 0 aliphatic heterocycles. The molecule has 0 heterocycles. The smallest absolute Gasteiger partial charge is 0.170 e. The minimum absolute atomic E-state index is 0.530. The molecule has 1 unspecified atom stereocenters. The third-order valence-corrected chi connectivity index (χ3v) is 1.43. The Kier molecular flexibility index (Phi) is 1.30. The van der Waals surface area contributed by atoms with Crippen LogP contribution in [0, 0.1) is 5.92 Å². The Bertz CT molecular complexity index is 143. The van der Waals surface area contributed by atoms with Crippen LogP contribution in [0.4, 0.5) is 13.2 Å². The Morgan fingerprint density at radius 1 is 1.56 bits per heavy atom. The van der Waals surface area contributed by atoms with Crippen molar-refractivity contribution in [2.45, 2.75) is 19.5 Å². The predicted molar refractivity (Wildman–Crippen MR) is 27.9 cm³/mol. The van der Waals surface area contributed by atoms with Crippen LogP contribution in [-0.4, -0.2) is 6.18 Å². The van der Waals surface area contributed by atoms with Crippen LogP contribution in [0.1, 0.15) is 13.3 Å². The van der Waals surface area contributed by atoms with Gasteiger partial charge in [0.2, 0.25) is 0 Å². The Morgan fingerprint density at radius 2 is 2.11 bits per heavy atom. The number of alkyl halides is 3. The van der Waals surface area contributed by atoms with Crippen LogP contribution in [0.25, 0.3) is 0 Å². The van der Waals surface area contributed by atoms with Crippen molar-refractivity contribution in [2.75, 3.05) is 0 Å². The summed E-state index contributed by atoms with van der Waals surface area (Å²) in [6.07, 6.45) is -2.21. The van der Waals surface area contributed by atoms with Crippen molar-refractivity contribution in [3.8, 4) is 0 Å². The van der Waals surface area contributed by atoms with Gasteiger partial charge in [0.1, 0.15) is 0 Å². The van der Waals surface area contributed by atoms with E-state index >= 15 is 0 Å². The summed E-state index contributed by atoms with van der Waals surface area (Å²) in [6, 6.07) is 0. The number of hydrogen-bond donors (Lipinski definition) is 0. The van der Waals surface area contributed by atoms with Gasteiger partial charge in [-0.3, -0.25) is 0 Å². The maximum absolute atomic E-state index is 11.6. The molecule has 0 spiro atoms. The summed E-state index contributed by atoms with van der Waals surface area (Å²) >= 11 is 0. The average molecular weight is 136 g/mol. The highest BCUT2D eigenvalue weighted by Gasteiger charge is 2.46. The average Bonchev–Trinajstić information content (AvgIpc) is 2.39. The van der Waals surface area contributed by atoms with Crippen molar-refractivity contribution in [1.82, 2.24) is 0 Å². The monoisotopic (exact) mass is 136 g/mol. The van der Waals surface area contributed by atoms with Gasteiger partial charge >= 0.3 is 6.18 Å². The molecule has 1 aliphatic carbocycles. The van der Waals surface area contributed by atoms with Gasteiger partial charge < -0.3 is 0 Å². The van der Waals surface area contributed by atoms with Crippen LogP contribution < -0.4 is 0 Å². The van der Waals surface area contributed by atoms with Crippen LogP contribution in [0.2, 0.25) is 0 Å². The number of hydrogen-bond acceptors (Lipinski definition) is 0. The molecule has 1 rings (SSSR count). The predicted octanol–water partition coefficient (Wildman–Crippen LogP) is 2.51. The molecule has 52 valence electrons. The van der Waals surface area contributed by atoms with Crippen molar-refractivity contribution in [3.05, 3.63) is 11.6 Å². The zero-order valence-electron chi connectivity index (χ0n) is 5.00. The second-order valence-electron chi connectivity index (χ2n) is 2.11. The molecule has 0 aromatic carbocycles. The van der Waals surface area contributed by atoms with Gasteiger partial charge in [-0.05, 0) is 6.42 Å². The molecule has 0 nitrogen and oxygen atoms in total. The van der Waals surface area contributed by atoms with E-state index in [1.807, 2.05) is 0 Å². The SMILES string of the molecule is CCC1=CC1C(F)(F)F.